The van der Waals surface area contributed by atoms with Crippen LogP contribution in [-0.4, -0.2) is 22.8 Å². The molecule has 2 aromatic carbocycles. The highest BCUT2D eigenvalue weighted by atomic mass is 35.5. The molecule has 2 heterocycles. The lowest BCUT2D eigenvalue weighted by atomic mass is 10.0. The molecule has 0 aliphatic carbocycles. The molecule has 0 spiro atoms. The van der Waals surface area contributed by atoms with Crippen molar-refractivity contribution in [1.82, 2.24) is 10.2 Å². The summed E-state index contributed by atoms with van der Waals surface area (Å²) in [5.74, 6) is 0.816. The first-order chi connectivity index (χ1) is 11.7. The molecular weight excluding hydrogens is 322 g/mol. The average molecular weight is 338 g/mol. The van der Waals surface area contributed by atoms with Gasteiger partial charge in [-0.15, -0.1) is 10.2 Å². The van der Waals surface area contributed by atoms with Gasteiger partial charge in [0.2, 0.25) is 0 Å². The monoisotopic (exact) mass is 337 g/mol. The van der Waals surface area contributed by atoms with E-state index in [9.17, 15) is 0 Å². The van der Waals surface area contributed by atoms with Gasteiger partial charge in [-0.3, -0.25) is 0 Å². The molecule has 1 aliphatic heterocycles. The van der Waals surface area contributed by atoms with Gasteiger partial charge < -0.3 is 10.5 Å². The SMILES string of the molecule is NCC1Cc2cc(Cl)cc(-c3ccc(-c4ccccc4)nn3)c2O1. The molecule has 0 radical (unpaired) electrons. The third-order valence-electron chi connectivity index (χ3n) is 4.14. The molecule has 3 aromatic rings. The molecule has 0 bridgehead atoms. The quantitative estimate of drug-likeness (QED) is 0.791. The van der Waals surface area contributed by atoms with E-state index in [0.717, 1.165) is 40.2 Å². The molecule has 5 heteroatoms. The van der Waals surface area contributed by atoms with Crippen LogP contribution in [0.25, 0.3) is 22.5 Å². The fourth-order valence-corrected chi connectivity index (χ4v) is 3.20. The van der Waals surface area contributed by atoms with E-state index in [4.69, 9.17) is 22.1 Å². The first kappa shape index (κ1) is 15.1. The number of nitrogens with two attached hydrogens (primary N) is 1. The molecule has 4 nitrogen and oxygen atoms in total. The number of aromatic nitrogens is 2. The normalized spacial score (nSPS) is 15.8. The second kappa shape index (κ2) is 6.23. The van der Waals surface area contributed by atoms with Crippen LogP contribution in [0.3, 0.4) is 0 Å². The van der Waals surface area contributed by atoms with Crippen LogP contribution in [0.15, 0.2) is 54.6 Å². The van der Waals surface area contributed by atoms with E-state index in [1.165, 1.54) is 0 Å². The topological polar surface area (TPSA) is 61.0 Å². The van der Waals surface area contributed by atoms with Crippen LogP contribution < -0.4 is 10.5 Å². The summed E-state index contributed by atoms with van der Waals surface area (Å²) in [6.45, 7) is 0.477. The third kappa shape index (κ3) is 2.75. The van der Waals surface area contributed by atoms with E-state index >= 15 is 0 Å². The average Bonchev–Trinajstić information content (AvgIpc) is 3.05. The van der Waals surface area contributed by atoms with E-state index in [1.54, 1.807) is 0 Å². The lowest BCUT2D eigenvalue weighted by molar-refractivity contribution is 0.242. The Morgan fingerprint density at radius 2 is 1.79 bits per heavy atom. The largest absolute Gasteiger partial charge is 0.488 e. The molecular formula is C19H16ClN3O. The summed E-state index contributed by atoms with van der Waals surface area (Å²) in [6.07, 6.45) is 0.767. The van der Waals surface area contributed by atoms with Crippen LogP contribution in [0.1, 0.15) is 5.56 Å². The van der Waals surface area contributed by atoms with Gasteiger partial charge in [0.1, 0.15) is 11.9 Å². The van der Waals surface area contributed by atoms with Gasteiger partial charge in [0.25, 0.3) is 0 Å². The summed E-state index contributed by atoms with van der Waals surface area (Å²) in [6, 6.07) is 17.7. The summed E-state index contributed by atoms with van der Waals surface area (Å²) in [5.41, 5.74) is 10.3. The van der Waals surface area contributed by atoms with Crippen molar-refractivity contribution in [2.75, 3.05) is 6.54 Å². The second-order valence-electron chi connectivity index (χ2n) is 5.79. The summed E-state index contributed by atoms with van der Waals surface area (Å²) in [5, 5.41) is 9.39. The minimum absolute atomic E-state index is 0.00577. The number of nitrogens with zero attached hydrogens (tertiary/aromatic N) is 2. The van der Waals surface area contributed by atoms with E-state index in [2.05, 4.69) is 10.2 Å². The number of halogens is 1. The minimum atomic E-state index is -0.00577. The van der Waals surface area contributed by atoms with Gasteiger partial charge in [0.15, 0.2) is 0 Å². The van der Waals surface area contributed by atoms with Crippen LogP contribution in [0.5, 0.6) is 5.75 Å². The van der Waals surface area contributed by atoms with Gasteiger partial charge in [0.05, 0.1) is 11.4 Å². The Hall–Kier alpha value is -2.43. The highest BCUT2D eigenvalue weighted by Crippen LogP contribution is 2.40. The Balaban J connectivity index is 1.73. The lowest BCUT2D eigenvalue weighted by Crippen LogP contribution is -2.24. The zero-order valence-corrected chi connectivity index (χ0v) is 13.7. The smallest absolute Gasteiger partial charge is 0.132 e. The summed E-state index contributed by atoms with van der Waals surface area (Å²) < 4.78 is 5.96. The van der Waals surface area contributed by atoms with Crippen molar-refractivity contribution in [3.8, 4) is 28.3 Å². The Labute approximate surface area is 145 Å². The van der Waals surface area contributed by atoms with Crippen molar-refractivity contribution in [1.29, 1.82) is 0 Å². The molecule has 120 valence electrons. The Morgan fingerprint density at radius 1 is 1.04 bits per heavy atom. The maximum atomic E-state index is 6.26. The molecule has 24 heavy (non-hydrogen) atoms. The molecule has 0 amide bonds. The van der Waals surface area contributed by atoms with Gasteiger partial charge in [-0.1, -0.05) is 41.9 Å². The van der Waals surface area contributed by atoms with Gasteiger partial charge in [-0.25, -0.2) is 0 Å². The van der Waals surface area contributed by atoms with Crippen molar-refractivity contribution < 1.29 is 4.74 Å². The zero-order valence-electron chi connectivity index (χ0n) is 12.9. The fraction of sp³-hybridized carbons (Fsp3) is 0.158. The maximum Gasteiger partial charge on any atom is 0.132 e. The van der Waals surface area contributed by atoms with Crippen molar-refractivity contribution >= 4 is 11.6 Å². The zero-order chi connectivity index (χ0) is 16.5. The third-order valence-corrected chi connectivity index (χ3v) is 4.35. The van der Waals surface area contributed by atoms with E-state index in [1.807, 2.05) is 54.6 Å². The predicted molar refractivity (Wildman–Crippen MR) is 95.1 cm³/mol. The van der Waals surface area contributed by atoms with Crippen LogP contribution in [0.2, 0.25) is 5.02 Å². The fourth-order valence-electron chi connectivity index (χ4n) is 2.95. The first-order valence-corrected chi connectivity index (χ1v) is 8.21. The van der Waals surface area contributed by atoms with Gasteiger partial charge in [-0.2, -0.15) is 0 Å². The summed E-state index contributed by atoms with van der Waals surface area (Å²) >= 11 is 6.26. The van der Waals surface area contributed by atoms with Gasteiger partial charge in [0, 0.05) is 34.7 Å². The highest BCUT2D eigenvalue weighted by Gasteiger charge is 2.26. The molecule has 0 saturated heterocycles. The Bertz CT molecular complexity index is 866. The molecule has 1 aromatic heterocycles. The first-order valence-electron chi connectivity index (χ1n) is 7.83. The summed E-state index contributed by atoms with van der Waals surface area (Å²) in [7, 11) is 0. The van der Waals surface area contributed by atoms with Crippen LogP contribution in [0, 0.1) is 0 Å². The van der Waals surface area contributed by atoms with E-state index in [-0.39, 0.29) is 6.10 Å². The molecule has 4 rings (SSSR count). The van der Waals surface area contributed by atoms with Gasteiger partial charge >= 0.3 is 0 Å². The molecule has 0 fully saturated rings. The standard InChI is InChI=1S/C19H16ClN3O/c20-14-8-13-9-15(11-21)24-19(13)16(10-14)18-7-6-17(22-23-18)12-4-2-1-3-5-12/h1-8,10,15H,9,11,21H2. The molecule has 2 N–H and O–H groups in total. The molecule has 1 atom stereocenters. The maximum absolute atomic E-state index is 6.26. The Kier molecular flexibility index (Phi) is 3.92. The van der Waals surface area contributed by atoms with Crippen molar-refractivity contribution in [3.63, 3.8) is 0 Å². The number of ether oxygens (including phenoxy) is 1. The number of fused-ring (bicyclic) bond motifs is 1. The molecule has 1 aliphatic rings. The van der Waals surface area contributed by atoms with Crippen LogP contribution in [-0.2, 0) is 6.42 Å². The van der Waals surface area contributed by atoms with Crippen molar-refractivity contribution in [2.45, 2.75) is 12.5 Å². The molecule has 0 saturated carbocycles. The Morgan fingerprint density at radius 3 is 2.50 bits per heavy atom. The van der Waals surface area contributed by atoms with Gasteiger partial charge in [-0.05, 0) is 24.3 Å². The van der Waals surface area contributed by atoms with Crippen molar-refractivity contribution in [2.24, 2.45) is 5.73 Å². The van der Waals surface area contributed by atoms with E-state index in [0.29, 0.717) is 11.6 Å². The van der Waals surface area contributed by atoms with E-state index < -0.39 is 0 Å². The number of rotatable bonds is 3. The lowest BCUT2D eigenvalue weighted by Gasteiger charge is -2.11. The van der Waals surface area contributed by atoms with Crippen molar-refractivity contribution in [3.05, 3.63) is 65.2 Å². The summed E-state index contributed by atoms with van der Waals surface area (Å²) in [4.78, 5) is 0. The van der Waals surface area contributed by atoms with Crippen LogP contribution in [0.4, 0.5) is 0 Å². The predicted octanol–water partition coefficient (Wildman–Crippen LogP) is 3.73. The molecule has 1 unspecified atom stereocenters. The second-order valence-corrected chi connectivity index (χ2v) is 6.23. The highest BCUT2D eigenvalue weighted by molar-refractivity contribution is 6.31. The number of hydrogen-bond acceptors (Lipinski definition) is 4. The number of benzene rings is 2. The minimum Gasteiger partial charge on any atom is -0.488 e. The van der Waals surface area contributed by atoms with Crippen LogP contribution >= 0.6 is 11.6 Å². The number of hydrogen-bond donors (Lipinski definition) is 1.